The van der Waals surface area contributed by atoms with Crippen molar-refractivity contribution in [2.45, 2.75) is 52.7 Å². The number of carbonyl (C=O) groups is 2. The molecule has 29 heavy (non-hydrogen) atoms. The molecule has 0 saturated carbocycles. The van der Waals surface area contributed by atoms with Crippen LogP contribution in [0.2, 0.25) is 5.02 Å². The van der Waals surface area contributed by atoms with Crippen LogP contribution in [0.1, 0.15) is 49.8 Å². The van der Waals surface area contributed by atoms with E-state index in [1.165, 1.54) is 0 Å². The number of amides is 1. The van der Waals surface area contributed by atoms with Crippen LogP contribution < -0.4 is 0 Å². The van der Waals surface area contributed by atoms with E-state index in [1.807, 2.05) is 70.2 Å². The van der Waals surface area contributed by atoms with Crippen LogP contribution in [0.25, 0.3) is 0 Å². The Morgan fingerprint density at radius 3 is 2.55 bits per heavy atom. The number of hydrogen-bond donors (Lipinski definition) is 0. The molecule has 5 heteroatoms. The minimum atomic E-state index is -0.420. The zero-order chi connectivity index (χ0) is 21.1. The third kappa shape index (κ3) is 4.70. The number of ether oxygens (including phenoxy) is 1. The van der Waals surface area contributed by atoms with Gasteiger partial charge in [0.1, 0.15) is 0 Å². The van der Waals surface area contributed by atoms with Gasteiger partial charge >= 0.3 is 5.97 Å². The Labute approximate surface area is 177 Å². The molecule has 0 aliphatic carbocycles. The van der Waals surface area contributed by atoms with Crippen LogP contribution in [0, 0.1) is 6.92 Å². The summed E-state index contributed by atoms with van der Waals surface area (Å²) in [5.74, 6) is -0.851. The molecule has 2 aromatic rings. The van der Waals surface area contributed by atoms with Crippen molar-refractivity contribution in [1.82, 2.24) is 4.90 Å². The van der Waals surface area contributed by atoms with Crippen LogP contribution in [0.5, 0.6) is 0 Å². The van der Waals surface area contributed by atoms with Crippen molar-refractivity contribution in [2.75, 3.05) is 0 Å². The Kier molecular flexibility index (Phi) is 6.43. The van der Waals surface area contributed by atoms with E-state index >= 15 is 0 Å². The van der Waals surface area contributed by atoms with Gasteiger partial charge in [-0.15, -0.1) is 0 Å². The van der Waals surface area contributed by atoms with Crippen LogP contribution in [0.4, 0.5) is 0 Å². The minimum Gasteiger partial charge on any atom is -0.460 e. The molecule has 152 valence electrons. The summed E-state index contributed by atoms with van der Waals surface area (Å²) >= 11 is 6.41. The van der Waals surface area contributed by atoms with Crippen LogP contribution >= 0.6 is 11.6 Å². The highest BCUT2D eigenvalue weighted by atomic mass is 35.5. The first kappa shape index (κ1) is 21.1. The van der Waals surface area contributed by atoms with Gasteiger partial charge in [0, 0.05) is 23.1 Å². The summed E-state index contributed by atoms with van der Waals surface area (Å²) in [7, 11) is 0. The summed E-state index contributed by atoms with van der Waals surface area (Å²) in [5, 5.41) is 0.542. The molecule has 1 aliphatic rings. The van der Waals surface area contributed by atoms with Gasteiger partial charge in [-0.05, 0) is 44.9 Å². The van der Waals surface area contributed by atoms with Crippen molar-refractivity contribution in [3.05, 3.63) is 81.5 Å². The van der Waals surface area contributed by atoms with Gasteiger partial charge in [-0.25, -0.2) is 4.79 Å². The quantitative estimate of drug-likeness (QED) is 0.619. The Balaban J connectivity index is 2.06. The van der Waals surface area contributed by atoms with E-state index in [0.29, 0.717) is 22.8 Å². The summed E-state index contributed by atoms with van der Waals surface area (Å²) in [4.78, 5) is 27.8. The molecule has 1 unspecified atom stereocenters. The molecule has 0 bridgehead atoms. The van der Waals surface area contributed by atoms with Gasteiger partial charge in [-0.1, -0.05) is 59.6 Å². The second-order valence-corrected chi connectivity index (χ2v) is 8.11. The van der Waals surface area contributed by atoms with Crippen LogP contribution in [0.3, 0.4) is 0 Å². The third-order valence-electron chi connectivity index (χ3n) is 5.09. The van der Waals surface area contributed by atoms with E-state index in [1.54, 1.807) is 11.0 Å². The monoisotopic (exact) mass is 411 g/mol. The molecular weight excluding hydrogens is 386 g/mol. The van der Waals surface area contributed by atoms with Crippen molar-refractivity contribution < 1.29 is 14.3 Å². The van der Waals surface area contributed by atoms with Crippen LogP contribution in [0.15, 0.2) is 59.8 Å². The van der Waals surface area contributed by atoms with E-state index < -0.39 is 11.9 Å². The first-order chi connectivity index (χ1) is 13.8. The first-order valence-corrected chi connectivity index (χ1v) is 10.2. The van der Waals surface area contributed by atoms with E-state index in [2.05, 4.69) is 0 Å². The maximum atomic E-state index is 13.1. The third-order valence-corrected chi connectivity index (χ3v) is 5.43. The summed E-state index contributed by atoms with van der Waals surface area (Å²) in [6, 6.07) is 15.4. The second-order valence-electron chi connectivity index (χ2n) is 7.70. The lowest BCUT2D eigenvalue weighted by Crippen LogP contribution is -2.38. The molecule has 2 aromatic carbocycles. The summed E-state index contributed by atoms with van der Waals surface area (Å²) in [6.07, 6.45) is -0.0763. The summed E-state index contributed by atoms with van der Waals surface area (Å²) in [5.41, 5.74) is 4.04. The van der Waals surface area contributed by atoms with Gasteiger partial charge in [0.15, 0.2) is 0 Å². The lowest BCUT2D eigenvalue weighted by atomic mass is 9.83. The highest BCUT2D eigenvalue weighted by Crippen LogP contribution is 2.40. The number of nitrogens with zero attached hydrogens (tertiary/aromatic N) is 1. The number of allylic oxidation sites excluding steroid dienone is 1. The van der Waals surface area contributed by atoms with Gasteiger partial charge in [-0.3, -0.25) is 4.79 Å². The van der Waals surface area contributed by atoms with E-state index in [9.17, 15) is 9.59 Å². The average Bonchev–Trinajstić information content (AvgIpc) is 2.64. The Morgan fingerprint density at radius 1 is 1.17 bits per heavy atom. The lowest BCUT2D eigenvalue weighted by Gasteiger charge is -2.35. The number of aryl methyl sites for hydroxylation is 1. The number of carbonyl (C=O) groups excluding carboxylic acids is 2. The predicted octanol–water partition coefficient (Wildman–Crippen LogP) is 5.39. The highest BCUT2D eigenvalue weighted by molar-refractivity contribution is 6.31. The highest BCUT2D eigenvalue weighted by Gasteiger charge is 2.37. The fourth-order valence-corrected chi connectivity index (χ4v) is 4.03. The molecule has 0 N–H and O–H groups in total. The second kappa shape index (κ2) is 8.83. The number of esters is 1. The fourth-order valence-electron chi connectivity index (χ4n) is 3.76. The predicted molar refractivity (Wildman–Crippen MR) is 114 cm³/mol. The van der Waals surface area contributed by atoms with Gasteiger partial charge < -0.3 is 9.64 Å². The average molecular weight is 412 g/mol. The molecule has 0 fully saturated rings. The first-order valence-electron chi connectivity index (χ1n) is 9.80. The molecule has 0 aromatic heterocycles. The Bertz CT molecular complexity index is 964. The molecule has 4 nitrogen and oxygen atoms in total. The zero-order valence-electron chi connectivity index (χ0n) is 17.2. The lowest BCUT2D eigenvalue weighted by molar-refractivity contribution is -0.143. The van der Waals surface area contributed by atoms with Crippen molar-refractivity contribution in [3.63, 3.8) is 0 Å². The molecule has 1 amide bonds. The summed E-state index contributed by atoms with van der Waals surface area (Å²) < 4.78 is 5.53. The van der Waals surface area contributed by atoms with E-state index in [0.717, 1.165) is 16.7 Å². The maximum Gasteiger partial charge on any atom is 0.336 e. The summed E-state index contributed by atoms with van der Waals surface area (Å²) in [6.45, 7) is 7.88. The van der Waals surface area contributed by atoms with Crippen LogP contribution in [-0.2, 0) is 20.9 Å². The van der Waals surface area contributed by atoms with Crippen molar-refractivity contribution >= 4 is 23.5 Å². The van der Waals surface area contributed by atoms with Gasteiger partial charge in [-0.2, -0.15) is 0 Å². The van der Waals surface area contributed by atoms with Crippen molar-refractivity contribution in [2.24, 2.45) is 0 Å². The molecule has 1 atom stereocenters. The van der Waals surface area contributed by atoms with Crippen molar-refractivity contribution in [3.8, 4) is 0 Å². The number of halogens is 1. The largest absolute Gasteiger partial charge is 0.460 e. The van der Waals surface area contributed by atoms with E-state index in [-0.39, 0.29) is 18.4 Å². The zero-order valence-corrected chi connectivity index (χ0v) is 18.0. The molecule has 1 aliphatic heterocycles. The fraction of sp³-hybridized carbons (Fsp3) is 0.333. The molecule has 0 spiro atoms. The minimum absolute atomic E-state index is 0.0324. The van der Waals surface area contributed by atoms with Crippen molar-refractivity contribution in [1.29, 1.82) is 0 Å². The normalized spacial score (nSPS) is 17.1. The Hall–Kier alpha value is -2.59. The van der Waals surface area contributed by atoms with E-state index in [4.69, 9.17) is 16.3 Å². The van der Waals surface area contributed by atoms with Gasteiger partial charge in [0.25, 0.3) is 0 Å². The number of hydrogen-bond acceptors (Lipinski definition) is 3. The van der Waals surface area contributed by atoms with Crippen LogP contribution in [-0.4, -0.2) is 22.9 Å². The molecule has 3 rings (SSSR count). The Morgan fingerprint density at radius 2 is 1.90 bits per heavy atom. The number of benzene rings is 2. The van der Waals surface area contributed by atoms with Gasteiger partial charge in [0.05, 0.1) is 18.2 Å². The molecular formula is C24H26ClNO3. The number of rotatable bonds is 5. The molecule has 0 saturated heterocycles. The SMILES string of the molecule is CC1=C(C(=O)OC(C)C)C(c2ccccc2Cl)CC(=O)N1Cc1cccc(C)c1. The standard InChI is InChI=1S/C24H26ClNO3/c1-15(2)29-24(28)23-17(4)26(14-18-9-7-8-16(3)12-18)22(27)13-20(23)19-10-5-6-11-21(19)25/h5-12,15,20H,13-14H2,1-4H3. The maximum absolute atomic E-state index is 13.1. The smallest absolute Gasteiger partial charge is 0.336 e. The molecule has 0 radical (unpaired) electrons. The molecule has 1 heterocycles. The van der Waals surface area contributed by atoms with Gasteiger partial charge in [0.2, 0.25) is 5.91 Å². The topological polar surface area (TPSA) is 46.6 Å².